The average molecular weight is 360 g/mol. The molecule has 0 bridgehead atoms. The Morgan fingerprint density at radius 2 is 1.92 bits per heavy atom. The lowest BCUT2D eigenvalue weighted by Gasteiger charge is -2.37. The lowest BCUT2D eigenvalue weighted by atomic mass is 10.2. The number of nitrogens with one attached hydrogen (secondary N) is 2. The van der Waals surface area contributed by atoms with Crippen LogP contribution in [0.3, 0.4) is 0 Å². The molecule has 0 aliphatic carbocycles. The van der Waals surface area contributed by atoms with Crippen LogP contribution in [-0.2, 0) is 4.79 Å². The van der Waals surface area contributed by atoms with Gasteiger partial charge in [-0.2, -0.15) is 0 Å². The molecule has 144 valence electrons. The van der Waals surface area contributed by atoms with Crippen LogP contribution in [0.15, 0.2) is 29.3 Å². The van der Waals surface area contributed by atoms with Gasteiger partial charge in [0.25, 0.3) is 0 Å². The van der Waals surface area contributed by atoms with Gasteiger partial charge in [-0.1, -0.05) is 26.0 Å². The van der Waals surface area contributed by atoms with Crippen LogP contribution in [-0.4, -0.2) is 62.6 Å². The second kappa shape index (κ2) is 10.0. The number of anilines is 1. The number of piperazine rings is 1. The van der Waals surface area contributed by atoms with E-state index in [0.717, 1.165) is 38.7 Å². The van der Waals surface area contributed by atoms with Gasteiger partial charge in [0.1, 0.15) is 0 Å². The summed E-state index contributed by atoms with van der Waals surface area (Å²) in [5.74, 6) is 1.04. The molecular formula is C20H33N5O. The van der Waals surface area contributed by atoms with Crippen molar-refractivity contribution in [3.63, 3.8) is 0 Å². The Bertz CT molecular complexity index is 606. The van der Waals surface area contributed by atoms with E-state index in [9.17, 15) is 4.79 Å². The number of hydrogen-bond acceptors (Lipinski definition) is 3. The van der Waals surface area contributed by atoms with Crippen LogP contribution in [0, 0.1) is 12.8 Å². The highest BCUT2D eigenvalue weighted by Crippen LogP contribution is 2.17. The molecule has 0 saturated carbocycles. The summed E-state index contributed by atoms with van der Waals surface area (Å²) in [6.45, 7) is 13.9. The number of amides is 1. The smallest absolute Gasteiger partial charge is 0.222 e. The molecule has 6 heteroatoms. The highest BCUT2D eigenvalue weighted by atomic mass is 16.1. The summed E-state index contributed by atoms with van der Waals surface area (Å²) in [4.78, 5) is 21.0. The molecule has 1 aliphatic heterocycles. The molecule has 0 atom stereocenters. The Labute approximate surface area is 157 Å². The Morgan fingerprint density at radius 1 is 1.19 bits per heavy atom. The predicted molar refractivity (Wildman–Crippen MR) is 109 cm³/mol. The van der Waals surface area contributed by atoms with Crippen molar-refractivity contribution in [3.8, 4) is 0 Å². The standard InChI is InChI=1S/C20H33N5O/c1-5-21-20(23-10-9-22-19(26)16(2)3)25-13-11-24(12-14-25)18-8-6-7-17(4)15-18/h6-8,15-16H,5,9-14H2,1-4H3,(H,21,23)(H,22,26). The third kappa shape index (κ3) is 5.93. The van der Waals surface area contributed by atoms with E-state index in [0.29, 0.717) is 13.1 Å². The molecule has 26 heavy (non-hydrogen) atoms. The van der Waals surface area contributed by atoms with E-state index in [1.165, 1.54) is 11.3 Å². The van der Waals surface area contributed by atoms with Gasteiger partial charge in [-0.15, -0.1) is 0 Å². The third-order valence-corrected chi connectivity index (χ3v) is 4.48. The van der Waals surface area contributed by atoms with Crippen LogP contribution in [0.2, 0.25) is 0 Å². The quantitative estimate of drug-likeness (QED) is 0.462. The SMILES string of the molecule is CCNC(=NCCNC(=O)C(C)C)N1CCN(c2cccc(C)c2)CC1. The molecule has 1 aromatic rings. The maximum absolute atomic E-state index is 11.6. The van der Waals surface area contributed by atoms with Gasteiger partial charge in [0.15, 0.2) is 5.96 Å². The Morgan fingerprint density at radius 3 is 2.54 bits per heavy atom. The number of carbonyl (C=O) groups is 1. The van der Waals surface area contributed by atoms with Gasteiger partial charge in [0.2, 0.25) is 5.91 Å². The predicted octanol–water partition coefficient (Wildman–Crippen LogP) is 1.85. The van der Waals surface area contributed by atoms with Crippen molar-refractivity contribution in [1.29, 1.82) is 0 Å². The molecule has 1 fully saturated rings. The highest BCUT2D eigenvalue weighted by molar-refractivity contribution is 5.80. The van der Waals surface area contributed by atoms with Crippen molar-refractivity contribution in [2.24, 2.45) is 10.9 Å². The molecule has 1 aliphatic rings. The minimum atomic E-state index is 0.0157. The fourth-order valence-electron chi connectivity index (χ4n) is 2.97. The minimum Gasteiger partial charge on any atom is -0.368 e. The fourth-order valence-corrected chi connectivity index (χ4v) is 2.97. The number of rotatable bonds is 6. The van der Waals surface area contributed by atoms with Crippen molar-refractivity contribution in [2.75, 3.05) is 50.7 Å². The molecule has 1 amide bonds. The molecular weight excluding hydrogens is 326 g/mol. The van der Waals surface area contributed by atoms with E-state index in [2.05, 4.69) is 63.5 Å². The third-order valence-electron chi connectivity index (χ3n) is 4.48. The zero-order valence-electron chi connectivity index (χ0n) is 16.6. The Kier molecular flexibility index (Phi) is 7.75. The van der Waals surface area contributed by atoms with Crippen LogP contribution in [0.5, 0.6) is 0 Å². The summed E-state index contributed by atoms with van der Waals surface area (Å²) >= 11 is 0. The molecule has 1 aromatic carbocycles. The summed E-state index contributed by atoms with van der Waals surface area (Å²) in [6, 6.07) is 8.67. The van der Waals surface area contributed by atoms with E-state index in [4.69, 9.17) is 0 Å². The molecule has 0 radical (unpaired) electrons. The first-order valence-corrected chi connectivity index (χ1v) is 9.64. The molecule has 0 spiro atoms. The lowest BCUT2D eigenvalue weighted by molar-refractivity contribution is -0.123. The number of aryl methyl sites for hydroxylation is 1. The van der Waals surface area contributed by atoms with Crippen LogP contribution in [0.25, 0.3) is 0 Å². The van der Waals surface area contributed by atoms with E-state index < -0.39 is 0 Å². The number of aliphatic imine (C=N–C) groups is 1. The minimum absolute atomic E-state index is 0.0157. The second-order valence-corrected chi connectivity index (χ2v) is 6.99. The number of hydrogen-bond donors (Lipinski definition) is 2. The first kappa shape index (κ1) is 20.1. The maximum atomic E-state index is 11.6. The monoisotopic (exact) mass is 359 g/mol. The van der Waals surface area contributed by atoms with Gasteiger partial charge in [0.05, 0.1) is 6.54 Å². The molecule has 2 N–H and O–H groups in total. The van der Waals surface area contributed by atoms with Crippen molar-refractivity contribution in [2.45, 2.75) is 27.7 Å². The summed E-state index contributed by atoms with van der Waals surface area (Å²) < 4.78 is 0. The number of nitrogens with zero attached hydrogens (tertiary/aromatic N) is 3. The largest absolute Gasteiger partial charge is 0.368 e. The summed E-state index contributed by atoms with van der Waals surface area (Å²) in [5.41, 5.74) is 2.59. The molecule has 6 nitrogen and oxygen atoms in total. The van der Waals surface area contributed by atoms with Gasteiger partial charge >= 0.3 is 0 Å². The molecule has 2 rings (SSSR count). The van der Waals surface area contributed by atoms with E-state index in [1.807, 2.05) is 13.8 Å². The molecule has 0 aromatic heterocycles. The van der Waals surface area contributed by atoms with E-state index in [1.54, 1.807) is 0 Å². The number of benzene rings is 1. The van der Waals surface area contributed by atoms with Gasteiger partial charge in [-0.3, -0.25) is 9.79 Å². The zero-order valence-corrected chi connectivity index (χ0v) is 16.6. The molecule has 0 unspecified atom stereocenters. The molecule has 1 saturated heterocycles. The summed E-state index contributed by atoms with van der Waals surface area (Å²) in [7, 11) is 0. The van der Waals surface area contributed by atoms with Crippen molar-refractivity contribution in [3.05, 3.63) is 29.8 Å². The van der Waals surface area contributed by atoms with E-state index in [-0.39, 0.29) is 11.8 Å². The normalized spacial score (nSPS) is 15.3. The second-order valence-electron chi connectivity index (χ2n) is 6.99. The van der Waals surface area contributed by atoms with E-state index >= 15 is 0 Å². The van der Waals surface area contributed by atoms with Gasteiger partial charge in [-0.05, 0) is 31.5 Å². The number of carbonyl (C=O) groups excluding carboxylic acids is 1. The van der Waals surface area contributed by atoms with Crippen molar-refractivity contribution >= 4 is 17.6 Å². The number of guanidine groups is 1. The molecule has 1 heterocycles. The average Bonchev–Trinajstić information content (AvgIpc) is 2.64. The first-order valence-electron chi connectivity index (χ1n) is 9.64. The van der Waals surface area contributed by atoms with Crippen LogP contribution >= 0.6 is 0 Å². The Hall–Kier alpha value is -2.24. The summed E-state index contributed by atoms with van der Waals surface area (Å²) in [6.07, 6.45) is 0. The Balaban J connectivity index is 1.86. The van der Waals surface area contributed by atoms with Gasteiger partial charge < -0.3 is 20.4 Å². The highest BCUT2D eigenvalue weighted by Gasteiger charge is 2.19. The van der Waals surface area contributed by atoms with Crippen LogP contribution in [0.4, 0.5) is 5.69 Å². The van der Waals surface area contributed by atoms with Crippen molar-refractivity contribution in [1.82, 2.24) is 15.5 Å². The maximum Gasteiger partial charge on any atom is 0.222 e. The topological polar surface area (TPSA) is 60.0 Å². The van der Waals surface area contributed by atoms with Crippen LogP contribution < -0.4 is 15.5 Å². The summed E-state index contributed by atoms with van der Waals surface area (Å²) in [5, 5.41) is 6.29. The fraction of sp³-hybridized carbons (Fsp3) is 0.600. The van der Waals surface area contributed by atoms with Gasteiger partial charge in [-0.25, -0.2) is 0 Å². The zero-order chi connectivity index (χ0) is 18.9. The lowest BCUT2D eigenvalue weighted by Crippen LogP contribution is -2.52. The van der Waals surface area contributed by atoms with Crippen molar-refractivity contribution < 1.29 is 4.79 Å². The van der Waals surface area contributed by atoms with Gasteiger partial charge in [0, 0.05) is 50.9 Å². The first-order chi connectivity index (χ1) is 12.5. The van der Waals surface area contributed by atoms with Crippen LogP contribution in [0.1, 0.15) is 26.3 Å².